The van der Waals surface area contributed by atoms with Gasteiger partial charge < -0.3 is 5.32 Å². The monoisotopic (exact) mass is 365 g/mol. The van der Waals surface area contributed by atoms with Crippen LogP contribution < -0.4 is 10.5 Å². The Bertz CT molecular complexity index is 692. The lowest BCUT2D eigenvalue weighted by Gasteiger charge is -2.32. The first-order chi connectivity index (χ1) is 11.9. The molecule has 7 heteroatoms. The van der Waals surface area contributed by atoms with Gasteiger partial charge >= 0.3 is 0 Å². The van der Waals surface area contributed by atoms with E-state index in [9.17, 15) is 13.2 Å². The Morgan fingerprint density at radius 3 is 2.32 bits per heavy atom. The minimum Gasteiger partial charge on any atom is -0.355 e. The Hall–Kier alpha value is -1.44. The van der Waals surface area contributed by atoms with Crippen molar-refractivity contribution in [2.75, 3.05) is 19.6 Å². The fourth-order valence-electron chi connectivity index (χ4n) is 4.18. The Kier molecular flexibility index (Phi) is 5.46. The molecule has 0 aromatic heterocycles. The van der Waals surface area contributed by atoms with Gasteiger partial charge in [-0.2, -0.15) is 12.7 Å². The molecule has 0 radical (unpaired) electrons. The second kappa shape index (κ2) is 7.43. The van der Waals surface area contributed by atoms with Crippen LogP contribution in [0.15, 0.2) is 30.3 Å². The topological polar surface area (TPSA) is 92.5 Å². The van der Waals surface area contributed by atoms with E-state index in [0.717, 1.165) is 12.8 Å². The zero-order valence-corrected chi connectivity index (χ0v) is 15.3. The second-order valence-corrected chi connectivity index (χ2v) is 8.84. The van der Waals surface area contributed by atoms with Crippen LogP contribution in [0, 0.1) is 5.92 Å². The maximum absolute atomic E-state index is 12.6. The summed E-state index contributed by atoms with van der Waals surface area (Å²) in [6.07, 6.45) is 5.64. The normalized spacial score (nSPS) is 22.0. The molecule has 1 aromatic rings. The van der Waals surface area contributed by atoms with Crippen molar-refractivity contribution < 1.29 is 13.2 Å². The Balaban J connectivity index is 1.58. The predicted molar refractivity (Wildman–Crippen MR) is 97.0 cm³/mol. The highest BCUT2D eigenvalue weighted by Crippen LogP contribution is 2.40. The molecule has 1 saturated carbocycles. The molecule has 138 valence electrons. The number of carbonyl (C=O) groups excluding carboxylic acids is 1. The van der Waals surface area contributed by atoms with E-state index in [4.69, 9.17) is 5.14 Å². The maximum Gasteiger partial charge on any atom is 0.276 e. The third kappa shape index (κ3) is 4.22. The van der Waals surface area contributed by atoms with Crippen molar-refractivity contribution in [1.82, 2.24) is 9.62 Å². The molecule has 6 nitrogen and oxygen atoms in total. The molecule has 1 heterocycles. The highest BCUT2D eigenvalue weighted by Gasteiger charge is 2.37. The predicted octanol–water partition coefficient (Wildman–Crippen LogP) is 1.53. The van der Waals surface area contributed by atoms with Gasteiger partial charge in [0.2, 0.25) is 5.91 Å². The van der Waals surface area contributed by atoms with Gasteiger partial charge in [0.25, 0.3) is 10.2 Å². The number of amides is 1. The number of piperidine rings is 1. The average Bonchev–Trinajstić information content (AvgIpc) is 3.10. The van der Waals surface area contributed by atoms with Crippen LogP contribution in [0.1, 0.15) is 44.1 Å². The molecule has 0 unspecified atom stereocenters. The lowest BCUT2D eigenvalue weighted by molar-refractivity contribution is -0.126. The van der Waals surface area contributed by atoms with Crippen LogP contribution in [0.4, 0.5) is 0 Å². The zero-order chi connectivity index (χ0) is 17.9. The van der Waals surface area contributed by atoms with E-state index in [2.05, 4.69) is 29.6 Å². The molecule has 1 aliphatic carbocycles. The van der Waals surface area contributed by atoms with Crippen molar-refractivity contribution in [1.29, 1.82) is 0 Å². The van der Waals surface area contributed by atoms with Gasteiger partial charge in [0.1, 0.15) is 0 Å². The molecule has 25 heavy (non-hydrogen) atoms. The third-order valence-corrected chi connectivity index (χ3v) is 6.82. The Morgan fingerprint density at radius 1 is 1.16 bits per heavy atom. The van der Waals surface area contributed by atoms with Crippen molar-refractivity contribution in [3.63, 3.8) is 0 Å². The molecule has 1 aliphatic heterocycles. The molecule has 2 aliphatic rings. The summed E-state index contributed by atoms with van der Waals surface area (Å²) in [7, 11) is -3.64. The van der Waals surface area contributed by atoms with Gasteiger partial charge in [-0.15, -0.1) is 0 Å². The van der Waals surface area contributed by atoms with E-state index in [1.165, 1.54) is 22.7 Å². The van der Waals surface area contributed by atoms with Gasteiger partial charge in [0, 0.05) is 31.0 Å². The molecule has 2 fully saturated rings. The number of carbonyl (C=O) groups is 1. The number of hydrogen-bond donors (Lipinski definition) is 2. The smallest absolute Gasteiger partial charge is 0.276 e. The first-order valence-corrected chi connectivity index (χ1v) is 10.5. The SMILES string of the molecule is NS(=O)(=O)N1CCC(C(=O)NCC2(c3ccccc3)CCCC2)CC1. The standard InChI is InChI=1S/C18H27N3O3S/c19-25(23,24)21-12-8-15(9-13-21)17(22)20-14-18(10-4-5-11-18)16-6-2-1-3-7-16/h1-3,6-7,15H,4-5,8-14H2,(H,20,22)(H2,19,23,24). The molecule has 3 rings (SSSR count). The van der Waals surface area contributed by atoms with Crippen molar-refractivity contribution in [3.8, 4) is 0 Å². The molecular weight excluding hydrogens is 338 g/mol. The van der Waals surface area contributed by atoms with Crippen LogP contribution in [0.25, 0.3) is 0 Å². The number of hydrogen-bond acceptors (Lipinski definition) is 3. The highest BCUT2D eigenvalue weighted by molar-refractivity contribution is 7.86. The van der Waals surface area contributed by atoms with Crippen LogP contribution in [-0.2, 0) is 20.4 Å². The molecular formula is C18H27N3O3S. The van der Waals surface area contributed by atoms with E-state index >= 15 is 0 Å². The number of nitrogens with two attached hydrogens (primary N) is 1. The van der Waals surface area contributed by atoms with Gasteiger partial charge in [-0.1, -0.05) is 43.2 Å². The number of nitrogens with zero attached hydrogens (tertiary/aromatic N) is 1. The largest absolute Gasteiger partial charge is 0.355 e. The molecule has 0 spiro atoms. The van der Waals surface area contributed by atoms with Gasteiger partial charge in [-0.3, -0.25) is 4.79 Å². The van der Waals surface area contributed by atoms with E-state index in [1.54, 1.807) is 0 Å². The summed E-state index contributed by atoms with van der Waals surface area (Å²) < 4.78 is 24.0. The lowest BCUT2D eigenvalue weighted by atomic mass is 9.78. The van der Waals surface area contributed by atoms with Crippen LogP contribution in [0.2, 0.25) is 0 Å². The second-order valence-electron chi connectivity index (χ2n) is 7.29. The van der Waals surface area contributed by atoms with Crippen molar-refractivity contribution >= 4 is 16.1 Å². The summed E-state index contributed by atoms with van der Waals surface area (Å²) in [5, 5.41) is 8.30. The minimum atomic E-state index is -3.64. The van der Waals surface area contributed by atoms with Crippen LogP contribution in [-0.4, -0.2) is 38.3 Å². The maximum atomic E-state index is 12.6. The summed E-state index contributed by atoms with van der Waals surface area (Å²) in [5.74, 6) is -0.0940. The van der Waals surface area contributed by atoms with Crippen molar-refractivity contribution in [2.24, 2.45) is 11.1 Å². The number of rotatable bonds is 5. The lowest BCUT2D eigenvalue weighted by Crippen LogP contribution is -2.47. The summed E-state index contributed by atoms with van der Waals surface area (Å²) in [5.41, 5.74) is 1.34. The molecule has 1 saturated heterocycles. The molecule has 0 atom stereocenters. The fourth-order valence-corrected chi connectivity index (χ4v) is 4.90. The fraction of sp³-hybridized carbons (Fsp3) is 0.611. The van der Waals surface area contributed by atoms with E-state index in [0.29, 0.717) is 32.5 Å². The zero-order valence-electron chi connectivity index (χ0n) is 14.5. The first-order valence-electron chi connectivity index (χ1n) is 9.02. The molecule has 3 N–H and O–H groups in total. The van der Waals surface area contributed by atoms with Gasteiger partial charge in [-0.05, 0) is 31.2 Å². The van der Waals surface area contributed by atoms with Gasteiger partial charge in [0.15, 0.2) is 0 Å². The quantitative estimate of drug-likeness (QED) is 0.829. The minimum absolute atomic E-state index is 0.0382. The van der Waals surface area contributed by atoms with Crippen molar-refractivity contribution in [2.45, 2.75) is 43.9 Å². The Morgan fingerprint density at radius 2 is 1.76 bits per heavy atom. The van der Waals surface area contributed by atoms with Gasteiger partial charge in [-0.25, -0.2) is 5.14 Å². The average molecular weight is 365 g/mol. The summed E-state index contributed by atoms with van der Waals surface area (Å²) >= 11 is 0. The summed E-state index contributed by atoms with van der Waals surface area (Å²) in [6, 6.07) is 10.4. The first kappa shape index (κ1) is 18.4. The highest BCUT2D eigenvalue weighted by atomic mass is 32.2. The van der Waals surface area contributed by atoms with Crippen LogP contribution in [0.3, 0.4) is 0 Å². The number of nitrogens with one attached hydrogen (secondary N) is 1. The Labute approximate surface area is 150 Å². The van der Waals surface area contributed by atoms with E-state index in [1.807, 2.05) is 6.07 Å². The number of benzene rings is 1. The molecule has 1 aromatic carbocycles. The van der Waals surface area contributed by atoms with E-state index < -0.39 is 10.2 Å². The van der Waals surface area contributed by atoms with Crippen molar-refractivity contribution in [3.05, 3.63) is 35.9 Å². The third-order valence-electron chi connectivity index (χ3n) is 5.73. The van der Waals surface area contributed by atoms with Gasteiger partial charge in [0.05, 0.1) is 0 Å². The van der Waals surface area contributed by atoms with Crippen LogP contribution >= 0.6 is 0 Å². The van der Waals surface area contributed by atoms with Crippen LogP contribution in [0.5, 0.6) is 0 Å². The molecule has 0 bridgehead atoms. The molecule has 1 amide bonds. The summed E-state index contributed by atoms with van der Waals surface area (Å²) in [6.45, 7) is 1.30. The van der Waals surface area contributed by atoms with E-state index in [-0.39, 0.29) is 17.2 Å². The summed E-state index contributed by atoms with van der Waals surface area (Å²) in [4.78, 5) is 12.6.